The second kappa shape index (κ2) is 7.06. The molecule has 0 aromatic rings. The van der Waals surface area contributed by atoms with Crippen LogP contribution in [-0.4, -0.2) is 30.6 Å². The first kappa shape index (κ1) is 13.7. The van der Waals surface area contributed by atoms with Crippen molar-refractivity contribution < 1.29 is 23.0 Å². The number of aliphatic hydroxyl groups excluding tert-OH is 1. The first-order chi connectivity index (χ1) is 6.42. The normalized spacial score (nSPS) is 14.4. The Morgan fingerprint density at radius 2 is 1.86 bits per heavy atom. The zero-order chi connectivity index (χ0) is 11.0. The number of aliphatic hydroxyl groups is 1. The van der Waals surface area contributed by atoms with Crippen molar-refractivity contribution >= 4 is 0 Å². The Morgan fingerprint density at radius 3 is 2.36 bits per heavy atom. The minimum Gasteiger partial charge on any atom is -0.393 e. The lowest BCUT2D eigenvalue weighted by molar-refractivity contribution is -0.174. The average Bonchev–Trinajstić information content (AvgIpc) is 2.00. The summed E-state index contributed by atoms with van der Waals surface area (Å²) in [6.07, 6.45) is -1.62. The molecule has 0 aliphatic carbocycles. The van der Waals surface area contributed by atoms with Crippen LogP contribution in [0.5, 0.6) is 0 Å². The number of alkyl halides is 3. The lowest BCUT2D eigenvalue weighted by Crippen LogP contribution is -2.17. The summed E-state index contributed by atoms with van der Waals surface area (Å²) in [6.45, 7) is 0.670. The standard InChI is InChI=1S/C9H17F3O2/c1-8(13)5-3-2-4-6-14-7-9(10,11)12/h8,13H,2-7H2,1H3. The fraction of sp³-hybridized carbons (Fsp3) is 1.00. The van der Waals surface area contributed by atoms with Crippen molar-refractivity contribution in [2.24, 2.45) is 0 Å². The second-order valence-corrected chi connectivity index (χ2v) is 3.37. The van der Waals surface area contributed by atoms with Crippen LogP contribution in [0.15, 0.2) is 0 Å². The van der Waals surface area contributed by atoms with Gasteiger partial charge in [0, 0.05) is 6.61 Å². The Morgan fingerprint density at radius 1 is 1.21 bits per heavy atom. The maximum absolute atomic E-state index is 11.6. The average molecular weight is 214 g/mol. The third kappa shape index (κ3) is 11.7. The van der Waals surface area contributed by atoms with Crippen LogP contribution < -0.4 is 0 Å². The van der Waals surface area contributed by atoms with Crippen LogP contribution in [0.3, 0.4) is 0 Å². The molecule has 0 saturated carbocycles. The molecule has 0 saturated heterocycles. The molecule has 14 heavy (non-hydrogen) atoms. The van der Waals surface area contributed by atoms with Crippen LogP contribution in [0.2, 0.25) is 0 Å². The summed E-state index contributed by atoms with van der Waals surface area (Å²) in [5.74, 6) is 0. The van der Waals surface area contributed by atoms with Crippen LogP contribution in [-0.2, 0) is 4.74 Å². The number of rotatable bonds is 7. The van der Waals surface area contributed by atoms with Gasteiger partial charge in [0.25, 0.3) is 0 Å². The highest BCUT2D eigenvalue weighted by molar-refractivity contribution is 4.49. The molecule has 2 nitrogen and oxygen atoms in total. The van der Waals surface area contributed by atoms with Crippen LogP contribution in [0.4, 0.5) is 13.2 Å². The Balaban J connectivity index is 3.07. The van der Waals surface area contributed by atoms with E-state index in [1.165, 1.54) is 0 Å². The van der Waals surface area contributed by atoms with Gasteiger partial charge in [-0.05, 0) is 19.8 Å². The van der Waals surface area contributed by atoms with Crippen LogP contribution in [0, 0.1) is 0 Å². The molecule has 0 aromatic carbocycles. The van der Waals surface area contributed by atoms with Crippen molar-refractivity contribution in [2.45, 2.75) is 44.9 Å². The van der Waals surface area contributed by atoms with Gasteiger partial charge in [-0.1, -0.05) is 12.8 Å². The van der Waals surface area contributed by atoms with E-state index in [0.29, 0.717) is 12.8 Å². The smallest absolute Gasteiger partial charge is 0.393 e. The van der Waals surface area contributed by atoms with Crippen molar-refractivity contribution in [2.75, 3.05) is 13.2 Å². The summed E-state index contributed by atoms with van der Waals surface area (Å²) in [6, 6.07) is 0. The molecule has 0 aromatic heterocycles. The van der Waals surface area contributed by atoms with E-state index < -0.39 is 12.8 Å². The zero-order valence-electron chi connectivity index (χ0n) is 8.31. The summed E-state index contributed by atoms with van der Waals surface area (Å²) in [5.41, 5.74) is 0. The minimum atomic E-state index is -4.22. The number of halogens is 3. The molecule has 0 amide bonds. The number of hydrogen-bond donors (Lipinski definition) is 1. The third-order valence-corrected chi connectivity index (χ3v) is 1.68. The van der Waals surface area contributed by atoms with Gasteiger partial charge in [0.05, 0.1) is 6.10 Å². The Kier molecular flexibility index (Phi) is 6.92. The molecule has 0 radical (unpaired) electrons. The molecule has 86 valence electrons. The first-order valence-corrected chi connectivity index (χ1v) is 4.74. The summed E-state index contributed by atoms with van der Waals surface area (Å²) >= 11 is 0. The predicted octanol–water partition coefficient (Wildman–Crippen LogP) is 2.51. The van der Waals surface area contributed by atoms with Gasteiger partial charge < -0.3 is 9.84 Å². The summed E-state index contributed by atoms with van der Waals surface area (Å²) in [4.78, 5) is 0. The van der Waals surface area contributed by atoms with Gasteiger partial charge in [-0.15, -0.1) is 0 Å². The van der Waals surface area contributed by atoms with Crippen molar-refractivity contribution in [3.05, 3.63) is 0 Å². The number of hydrogen-bond acceptors (Lipinski definition) is 2. The molecule has 1 atom stereocenters. The van der Waals surface area contributed by atoms with E-state index in [1.807, 2.05) is 0 Å². The Bertz CT molecular complexity index is 135. The van der Waals surface area contributed by atoms with E-state index in [0.717, 1.165) is 12.8 Å². The summed E-state index contributed by atoms with van der Waals surface area (Å²) < 4.78 is 39.2. The zero-order valence-corrected chi connectivity index (χ0v) is 8.31. The Hall–Kier alpha value is -0.290. The van der Waals surface area contributed by atoms with Crippen molar-refractivity contribution in [1.82, 2.24) is 0 Å². The van der Waals surface area contributed by atoms with E-state index in [2.05, 4.69) is 4.74 Å². The van der Waals surface area contributed by atoms with Gasteiger partial charge in [0.1, 0.15) is 6.61 Å². The van der Waals surface area contributed by atoms with E-state index in [9.17, 15) is 13.2 Å². The number of ether oxygens (including phenoxy) is 1. The molecule has 0 aliphatic heterocycles. The summed E-state index contributed by atoms with van der Waals surface area (Å²) in [7, 11) is 0. The van der Waals surface area contributed by atoms with Gasteiger partial charge in [0.15, 0.2) is 0 Å². The van der Waals surface area contributed by atoms with Crippen LogP contribution in [0.25, 0.3) is 0 Å². The second-order valence-electron chi connectivity index (χ2n) is 3.37. The molecule has 0 rings (SSSR count). The van der Waals surface area contributed by atoms with Crippen molar-refractivity contribution in [1.29, 1.82) is 0 Å². The van der Waals surface area contributed by atoms with Crippen LogP contribution >= 0.6 is 0 Å². The minimum absolute atomic E-state index is 0.138. The fourth-order valence-electron chi connectivity index (χ4n) is 1.01. The highest BCUT2D eigenvalue weighted by Gasteiger charge is 2.26. The van der Waals surface area contributed by atoms with Gasteiger partial charge in [-0.3, -0.25) is 0 Å². The topological polar surface area (TPSA) is 29.5 Å². The molecule has 5 heteroatoms. The van der Waals surface area contributed by atoms with Gasteiger partial charge >= 0.3 is 6.18 Å². The van der Waals surface area contributed by atoms with E-state index >= 15 is 0 Å². The monoisotopic (exact) mass is 214 g/mol. The van der Waals surface area contributed by atoms with Crippen LogP contribution in [0.1, 0.15) is 32.6 Å². The van der Waals surface area contributed by atoms with Crippen molar-refractivity contribution in [3.8, 4) is 0 Å². The SMILES string of the molecule is CC(O)CCCCCOCC(F)(F)F. The quantitative estimate of drug-likeness (QED) is 0.660. The van der Waals surface area contributed by atoms with Gasteiger partial charge in [-0.25, -0.2) is 0 Å². The largest absolute Gasteiger partial charge is 0.411 e. The molecule has 0 fully saturated rings. The maximum Gasteiger partial charge on any atom is 0.411 e. The van der Waals surface area contributed by atoms with E-state index in [1.54, 1.807) is 6.92 Å². The van der Waals surface area contributed by atoms with Crippen molar-refractivity contribution in [3.63, 3.8) is 0 Å². The van der Waals surface area contributed by atoms with E-state index in [-0.39, 0.29) is 12.7 Å². The third-order valence-electron chi connectivity index (χ3n) is 1.68. The Labute approximate surface area is 82.1 Å². The molecule has 1 N–H and O–H groups in total. The van der Waals surface area contributed by atoms with E-state index in [4.69, 9.17) is 5.11 Å². The predicted molar refractivity (Wildman–Crippen MR) is 47.0 cm³/mol. The van der Waals surface area contributed by atoms with Gasteiger partial charge in [0.2, 0.25) is 0 Å². The molecule has 1 unspecified atom stereocenters. The molecule has 0 heterocycles. The molecule has 0 spiro atoms. The molecular formula is C9H17F3O2. The highest BCUT2D eigenvalue weighted by atomic mass is 19.4. The number of unbranched alkanes of at least 4 members (excludes halogenated alkanes) is 2. The fourth-order valence-corrected chi connectivity index (χ4v) is 1.01. The first-order valence-electron chi connectivity index (χ1n) is 4.74. The molecule has 0 aliphatic rings. The maximum atomic E-state index is 11.6. The van der Waals surface area contributed by atoms with Gasteiger partial charge in [-0.2, -0.15) is 13.2 Å². The lowest BCUT2D eigenvalue weighted by Gasteiger charge is -2.07. The molecular weight excluding hydrogens is 197 g/mol. The lowest BCUT2D eigenvalue weighted by atomic mass is 10.1. The highest BCUT2D eigenvalue weighted by Crippen LogP contribution is 2.14. The summed E-state index contributed by atoms with van der Waals surface area (Å²) in [5, 5.41) is 8.88. The molecule has 0 bridgehead atoms.